The average Bonchev–Trinajstić information content (AvgIpc) is 3.11. The minimum Gasteiger partial charge on any atom is -0.329 e. The molecule has 0 saturated heterocycles. The number of carbonyl (C=O) groups is 1. The number of nitrogens with zero attached hydrogens (tertiary/aromatic N) is 3. The van der Waals surface area contributed by atoms with E-state index in [-0.39, 0.29) is 16.9 Å². The highest BCUT2D eigenvalue weighted by molar-refractivity contribution is 6.08. The summed E-state index contributed by atoms with van der Waals surface area (Å²) >= 11 is 0. The third-order valence-electron chi connectivity index (χ3n) is 4.96. The van der Waals surface area contributed by atoms with Crippen molar-refractivity contribution in [1.29, 1.82) is 0 Å². The monoisotopic (exact) mass is 369 g/mol. The van der Waals surface area contributed by atoms with Gasteiger partial charge in [-0.05, 0) is 31.5 Å². The van der Waals surface area contributed by atoms with Gasteiger partial charge in [0.25, 0.3) is 11.5 Å². The van der Waals surface area contributed by atoms with Gasteiger partial charge in [-0.25, -0.2) is 4.39 Å². The van der Waals surface area contributed by atoms with Gasteiger partial charge in [0, 0.05) is 37.4 Å². The van der Waals surface area contributed by atoms with E-state index >= 15 is 0 Å². The summed E-state index contributed by atoms with van der Waals surface area (Å²) < 4.78 is 17.0. The van der Waals surface area contributed by atoms with Crippen LogP contribution in [0.1, 0.15) is 34.1 Å². The van der Waals surface area contributed by atoms with Gasteiger partial charge in [-0.15, -0.1) is 0 Å². The van der Waals surface area contributed by atoms with Gasteiger partial charge in [0.05, 0.1) is 11.8 Å². The summed E-state index contributed by atoms with van der Waals surface area (Å²) in [6, 6.07) is 4.52. The van der Waals surface area contributed by atoms with Crippen LogP contribution in [0.15, 0.2) is 29.2 Å². The highest BCUT2D eigenvalue weighted by Crippen LogP contribution is 2.20. The van der Waals surface area contributed by atoms with Crippen molar-refractivity contribution in [2.24, 2.45) is 0 Å². The minimum atomic E-state index is -0.427. The number of fused-ring (bicyclic) bond motifs is 2. The van der Waals surface area contributed by atoms with E-state index in [4.69, 9.17) is 0 Å². The Hall–Kier alpha value is -3.00. The number of aryl methyl sites for hydroxylation is 2. The molecule has 4 rings (SSSR count). The maximum Gasteiger partial charge on any atom is 0.279 e. The van der Waals surface area contributed by atoms with Gasteiger partial charge in [-0.2, -0.15) is 9.61 Å². The molecular formula is C19H20FN5O2. The molecule has 2 aromatic heterocycles. The largest absolute Gasteiger partial charge is 0.329 e. The lowest BCUT2D eigenvalue weighted by Crippen LogP contribution is -2.36. The first-order chi connectivity index (χ1) is 13.0. The smallest absolute Gasteiger partial charge is 0.279 e. The molecule has 1 aliphatic heterocycles. The fraction of sp³-hybridized carbons (Fsp3) is 0.316. The van der Waals surface area contributed by atoms with E-state index in [1.54, 1.807) is 19.1 Å². The fourth-order valence-electron chi connectivity index (χ4n) is 3.55. The van der Waals surface area contributed by atoms with Crippen molar-refractivity contribution in [3.63, 3.8) is 0 Å². The normalized spacial score (nSPS) is 13.6. The maximum atomic E-state index is 13.8. The number of rotatable bonds is 3. The van der Waals surface area contributed by atoms with Crippen LogP contribution in [-0.2, 0) is 19.5 Å². The summed E-state index contributed by atoms with van der Waals surface area (Å²) in [7, 11) is 0. The van der Waals surface area contributed by atoms with Gasteiger partial charge >= 0.3 is 0 Å². The number of anilines is 1. The lowest BCUT2D eigenvalue weighted by molar-refractivity contribution is 0.102. The van der Waals surface area contributed by atoms with Gasteiger partial charge in [-0.3, -0.25) is 9.59 Å². The maximum absolute atomic E-state index is 13.8. The molecule has 0 radical (unpaired) electrons. The first kappa shape index (κ1) is 17.4. The first-order valence-electron chi connectivity index (χ1n) is 8.91. The molecule has 3 heterocycles. The highest BCUT2D eigenvalue weighted by atomic mass is 19.1. The Morgan fingerprint density at radius 2 is 2.22 bits per heavy atom. The molecule has 0 atom stereocenters. The number of aromatic nitrogens is 3. The van der Waals surface area contributed by atoms with Crippen LogP contribution in [0.25, 0.3) is 5.65 Å². The third kappa shape index (κ3) is 2.82. The zero-order valence-corrected chi connectivity index (χ0v) is 15.2. The van der Waals surface area contributed by atoms with E-state index < -0.39 is 5.91 Å². The van der Waals surface area contributed by atoms with Gasteiger partial charge in [0.2, 0.25) is 0 Å². The number of halogens is 1. The van der Waals surface area contributed by atoms with Crippen molar-refractivity contribution < 1.29 is 9.18 Å². The summed E-state index contributed by atoms with van der Waals surface area (Å²) in [5.74, 6) is -0.816. The molecule has 0 unspecified atom stereocenters. The zero-order valence-electron chi connectivity index (χ0n) is 15.2. The second-order valence-corrected chi connectivity index (χ2v) is 6.61. The molecule has 0 fully saturated rings. The van der Waals surface area contributed by atoms with Crippen molar-refractivity contribution in [3.05, 3.63) is 63.0 Å². The van der Waals surface area contributed by atoms with Crippen LogP contribution in [0.2, 0.25) is 0 Å². The number of hydrogen-bond acceptors (Lipinski definition) is 4. The number of amides is 1. The Kier molecular flexibility index (Phi) is 4.27. The van der Waals surface area contributed by atoms with Crippen molar-refractivity contribution in [1.82, 2.24) is 19.5 Å². The molecule has 0 spiro atoms. The predicted molar refractivity (Wildman–Crippen MR) is 99.6 cm³/mol. The number of nitrogens with one attached hydrogen (secondary N) is 2. The molecule has 7 nitrogen and oxygen atoms in total. The number of benzene rings is 1. The van der Waals surface area contributed by atoms with Crippen LogP contribution in [0.3, 0.4) is 0 Å². The summed E-state index contributed by atoms with van der Waals surface area (Å²) in [4.78, 5) is 25.6. The molecule has 1 aromatic carbocycles. The van der Waals surface area contributed by atoms with Crippen LogP contribution in [-0.4, -0.2) is 26.6 Å². The van der Waals surface area contributed by atoms with Gasteiger partial charge in [0.15, 0.2) is 5.65 Å². The molecule has 1 amide bonds. The van der Waals surface area contributed by atoms with E-state index in [9.17, 15) is 14.0 Å². The minimum absolute atomic E-state index is 0.211. The summed E-state index contributed by atoms with van der Waals surface area (Å²) in [6.45, 7) is 5.51. The van der Waals surface area contributed by atoms with Crippen LogP contribution in [0.4, 0.5) is 10.1 Å². The fourth-order valence-corrected chi connectivity index (χ4v) is 3.55. The molecular weight excluding hydrogens is 349 g/mol. The molecule has 0 bridgehead atoms. The van der Waals surface area contributed by atoms with Crippen molar-refractivity contribution in [2.75, 3.05) is 11.9 Å². The Labute approximate surface area is 154 Å². The molecule has 140 valence electrons. The van der Waals surface area contributed by atoms with Crippen molar-refractivity contribution >= 4 is 17.2 Å². The topological polar surface area (TPSA) is 80.4 Å². The summed E-state index contributed by atoms with van der Waals surface area (Å²) in [5.41, 5.74) is 3.02. The Balaban J connectivity index is 1.82. The standard InChI is InChI=1S/C19H20FN5O2/c1-3-24-16-6-7-21-9-13(16)19(27)25-18(24)14(10-22-25)17(26)23-12-5-4-11(2)15(20)8-12/h4-5,8,10,21H,3,6-7,9H2,1-2H3,(H,23,26). The number of carbonyl (C=O) groups excluding carboxylic acids is 1. The SMILES string of the molecule is CCn1c2c(c(=O)n3ncc(C(=O)Nc4ccc(C)c(F)c4)c13)CNCC2. The zero-order chi connectivity index (χ0) is 19.1. The highest BCUT2D eigenvalue weighted by Gasteiger charge is 2.24. The van der Waals surface area contributed by atoms with Crippen LogP contribution >= 0.6 is 0 Å². The van der Waals surface area contributed by atoms with E-state index in [1.807, 2.05) is 11.5 Å². The first-order valence-corrected chi connectivity index (χ1v) is 8.91. The lowest BCUT2D eigenvalue weighted by Gasteiger charge is -2.22. The summed E-state index contributed by atoms with van der Waals surface area (Å²) in [6.07, 6.45) is 2.10. The second kappa shape index (κ2) is 6.62. The van der Waals surface area contributed by atoms with Crippen LogP contribution < -0.4 is 16.2 Å². The van der Waals surface area contributed by atoms with E-state index in [1.165, 1.54) is 16.8 Å². The average molecular weight is 369 g/mol. The van der Waals surface area contributed by atoms with E-state index in [0.717, 1.165) is 12.2 Å². The number of hydrogen-bond donors (Lipinski definition) is 2. The molecule has 1 aliphatic rings. The molecule has 2 N–H and O–H groups in total. The van der Waals surface area contributed by atoms with Gasteiger partial charge < -0.3 is 15.2 Å². The Morgan fingerprint density at radius 3 is 2.96 bits per heavy atom. The van der Waals surface area contributed by atoms with E-state index in [2.05, 4.69) is 15.7 Å². The van der Waals surface area contributed by atoms with Gasteiger partial charge in [-0.1, -0.05) is 6.07 Å². The lowest BCUT2D eigenvalue weighted by atomic mass is 10.1. The second-order valence-electron chi connectivity index (χ2n) is 6.61. The molecule has 8 heteroatoms. The van der Waals surface area contributed by atoms with Crippen LogP contribution in [0.5, 0.6) is 0 Å². The quantitative estimate of drug-likeness (QED) is 0.739. The Morgan fingerprint density at radius 1 is 1.41 bits per heavy atom. The molecule has 0 aliphatic carbocycles. The third-order valence-corrected chi connectivity index (χ3v) is 4.96. The van der Waals surface area contributed by atoms with Crippen LogP contribution in [0, 0.1) is 12.7 Å². The van der Waals surface area contributed by atoms with Gasteiger partial charge in [0.1, 0.15) is 11.4 Å². The van der Waals surface area contributed by atoms with Crippen molar-refractivity contribution in [2.45, 2.75) is 33.4 Å². The molecule has 27 heavy (non-hydrogen) atoms. The Bertz CT molecular complexity index is 1120. The predicted octanol–water partition coefficient (Wildman–Crippen LogP) is 1.86. The molecule has 0 saturated carbocycles. The van der Waals surface area contributed by atoms with Crippen molar-refractivity contribution in [3.8, 4) is 0 Å². The summed E-state index contributed by atoms with van der Waals surface area (Å²) in [5, 5.41) is 10.0. The molecule has 3 aromatic rings. The van der Waals surface area contributed by atoms with E-state index in [0.29, 0.717) is 42.0 Å².